The molecule has 0 bridgehead atoms. The monoisotopic (exact) mass is 240 g/mol. The Morgan fingerprint density at radius 2 is 1.41 bits per heavy atom. The molecule has 1 nitrogen and oxygen atoms in total. The molecule has 0 spiro atoms. The minimum Gasteiger partial charge on any atom is -0.381 e. The molecule has 0 saturated carbocycles. The van der Waals surface area contributed by atoms with E-state index < -0.39 is 0 Å². The van der Waals surface area contributed by atoms with E-state index in [2.05, 4.69) is 6.92 Å². The summed E-state index contributed by atoms with van der Waals surface area (Å²) in [5.41, 5.74) is 0. The summed E-state index contributed by atoms with van der Waals surface area (Å²) in [5, 5.41) is 0. The minimum absolute atomic E-state index is 0.893. The van der Waals surface area contributed by atoms with Crippen LogP contribution in [0, 0.1) is 5.92 Å². The zero-order valence-corrected chi connectivity index (χ0v) is 11.9. The molecule has 0 radical (unpaired) electrons. The highest BCUT2D eigenvalue weighted by molar-refractivity contribution is 4.63. The van der Waals surface area contributed by atoms with Crippen LogP contribution in [0.4, 0.5) is 0 Å². The van der Waals surface area contributed by atoms with Crippen LogP contribution in [0.25, 0.3) is 0 Å². The van der Waals surface area contributed by atoms with E-state index in [4.69, 9.17) is 4.74 Å². The molecular formula is C16H32O. The van der Waals surface area contributed by atoms with Crippen molar-refractivity contribution in [2.75, 3.05) is 13.2 Å². The Morgan fingerprint density at radius 3 is 1.94 bits per heavy atom. The van der Waals surface area contributed by atoms with Crippen LogP contribution in [0.1, 0.15) is 84.0 Å². The predicted octanol–water partition coefficient (Wildman–Crippen LogP) is 5.33. The van der Waals surface area contributed by atoms with Gasteiger partial charge in [0.25, 0.3) is 0 Å². The number of ether oxygens (including phenoxy) is 1. The summed E-state index contributed by atoms with van der Waals surface area (Å²) in [6, 6.07) is 0. The van der Waals surface area contributed by atoms with Crippen LogP contribution < -0.4 is 0 Å². The molecule has 1 saturated heterocycles. The highest BCUT2D eigenvalue weighted by atomic mass is 16.5. The molecule has 0 amide bonds. The second-order valence-corrected chi connectivity index (χ2v) is 5.70. The fraction of sp³-hybridized carbons (Fsp3) is 1.00. The standard InChI is InChI=1S/C16H32O/c1-2-3-4-5-6-7-8-9-10-11-12-16-13-14-17-15-16/h16H,2-15H2,1H3. The Hall–Kier alpha value is -0.0400. The summed E-state index contributed by atoms with van der Waals surface area (Å²) in [7, 11) is 0. The van der Waals surface area contributed by atoms with E-state index >= 15 is 0 Å². The third kappa shape index (κ3) is 8.65. The Kier molecular flexibility index (Phi) is 9.78. The van der Waals surface area contributed by atoms with Gasteiger partial charge in [0.05, 0.1) is 0 Å². The first kappa shape index (κ1) is 15.0. The van der Waals surface area contributed by atoms with Crippen LogP contribution in [0.5, 0.6) is 0 Å². The van der Waals surface area contributed by atoms with Crippen molar-refractivity contribution in [3.63, 3.8) is 0 Å². The van der Waals surface area contributed by atoms with Gasteiger partial charge in [-0.15, -0.1) is 0 Å². The Morgan fingerprint density at radius 1 is 0.824 bits per heavy atom. The molecule has 1 aliphatic rings. The van der Waals surface area contributed by atoms with Crippen molar-refractivity contribution in [2.24, 2.45) is 5.92 Å². The van der Waals surface area contributed by atoms with E-state index in [-0.39, 0.29) is 0 Å². The largest absolute Gasteiger partial charge is 0.381 e. The van der Waals surface area contributed by atoms with Gasteiger partial charge in [-0.3, -0.25) is 0 Å². The number of unbranched alkanes of at least 4 members (excludes halogenated alkanes) is 9. The summed E-state index contributed by atoms with van der Waals surface area (Å²) in [6.07, 6.45) is 17.2. The van der Waals surface area contributed by atoms with Crippen LogP contribution >= 0.6 is 0 Å². The topological polar surface area (TPSA) is 9.23 Å². The Bertz CT molecular complexity index is 150. The van der Waals surface area contributed by atoms with Crippen LogP contribution in [-0.4, -0.2) is 13.2 Å². The molecular weight excluding hydrogens is 208 g/mol. The van der Waals surface area contributed by atoms with Crippen molar-refractivity contribution in [3.05, 3.63) is 0 Å². The van der Waals surface area contributed by atoms with Crippen LogP contribution in [0.15, 0.2) is 0 Å². The molecule has 1 aliphatic heterocycles. The summed E-state index contributed by atoms with van der Waals surface area (Å²) < 4.78 is 5.40. The lowest BCUT2D eigenvalue weighted by molar-refractivity contribution is 0.183. The molecule has 1 rings (SSSR count). The molecule has 1 heterocycles. The van der Waals surface area contributed by atoms with E-state index in [1.165, 1.54) is 77.0 Å². The number of hydrogen-bond acceptors (Lipinski definition) is 1. The van der Waals surface area contributed by atoms with E-state index in [9.17, 15) is 0 Å². The van der Waals surface area contributed by atoms with Gasteiger partial charge in [-0.1, -0.05) is 71.1 Å². The molecule has 1 fully saturated rings. The van der Waals surface area contributed by atoms with Gasteiger partial charge in [-0.2, -0.15) is 0 Å². The molecule has 17 heavy (non-hydrogen) atoms. The fourth-order valence-electron chi connectivity index (χ4n) is 2.73. The predicted molar refractivity (Wildman–Crippen MR) is 75.4 cm³/mol. The van der Waals surface area contributed by atoms with Crippen molar-refractivity contribution in [2.45, 2.75) is 84.0 Å². The lowest BCUT2D eigenvalue weighted by Gasteiger charge is -2.06. The van der Waals surface area contributed by atoms with Gasteiger partial charge in [0, 0.05) is 13.2 Å². The zero-order valence-electron chi connectivity index (χ0n) is 11.9. The molecule has 0 N–H and O–H groups in total. The Balaban J connectivity index is 1.69. The van der Waals surface area contributed by atoms with Gasteiger partial charge >= 0.3 is 0 Å². The average Bonchev–Trinajstić information content (AvgIpc) is 2.85. The molecule has 1 heteroatoms. The van der Waals surface area contributed by atoms with Crippen LogP contribution in [0.3, 0.4) is 0 Å². The molecule has 0 aromatic carbocycles. The van der Waals surface area contributed by atoms with Crippen LogP contribution in [-0.2, 0) is 4.74 Å². The fourth-order valence-corrected chi connectivity index (χ4v) is 2.73. The first-order valence-corrected chi connectivity index (χ1v) is 8.01. The first-order valence-electron chi connectivity index (χ1n) is 8.01. The normalized spacial score (nSPS) is 19.9. The van der Waals surface area contributed by atoms with E-state index in [1.54, 1.807) is 0 Å². The third-order valence-corrected chi connectivity index (χ3v) is 3.99. The van der Waals surface area contributed by atoms with Gasteiger partial charge in [0.15, 0.2) is 0 Å². The molecule has 0 aromatic heterocycles. The summed E-state index contributed by atoms with van der Waals surface area (Å²) >= 11 is 0. The van der Waals surface area contributed by atoms with Crippen molar-refractivity contribution in [3.8, 4) is 0 Å². The van der Waals surface area contributed by atoms with Gasteiger partial charge in [-0.25, -0.2) is 0 Å². The van der Waals surface area contributed by atoms with E-state index in [0.717, 1.165) is 19.1 Å². The van der Waals surface area contributed by atoms with Crippen molar-refractivity contribution in [1.82, 2.24) is 0 Å². The van der Waals surface area contributed by atoms with Gasteiger partial charge in [0.1, 0.15) is 0 Å². The highest BCUT2D eigenvalue weighted by Gasteiger charge is 2.14. The summed E-state index contributed by atoms with van der Waals surface area (Å²) in [4.78, 5) is 0. The van der Waals surface area contributed by atoms with Crippen LogP contribution in [0.2, 0.25) is 0 Å². The van der Waals surface area contributed by atoms with Gasteiger partial charge in [-0.05, 0) is 18.8 Å². The van der Waals surface area contributed by atoms with Crippen molar-refractivity contribution in [1.29, 1.82) is 0 Å². The van der Waals surface area contributed by atoms with Gasteiger partial charge < -0.3 is 4.74 Å². The first-order chi connectivity index (χ1) is 8.43. The maximum Gasteiger partial charge on any atom is 0.0495 e. The van der Waals surface area contributed by atoms with E-state index in [0.29, 0.717) is 0 Å². The number of hydrogen-bond donors (Lipinski definition) is 0. The maximum atomic E-state index is 5.40. The molecule has 102 valence electrons. The minimum atomic E-state index is 0.893. The van der Waals surface area contributed by atoms with Gasteiger partial charge in [0.2, 0.25) is 0 Å². The third-order valence-electron chi connectivity index (χ3n) is 3.99. The quantitative estimate of drug-likeness (QED) is 0.443. The molecule has 1 unspecified atom stereocenters. The average molecular weight is 240 g/mol. The lowest BCUT2D eigenvalue weighted by atomic mass is 9.99. The molecule has 0 aromatic rings. The number of rotatable bonds is 11. The lowest BCUT2D eigenvalue weighted by Crippen LogP contribution is -1.98. The van der Waals surface area contributed by atoms with E-state index in [1.807, 2.05) is 0 Å². The SMILES string of the molecule is CCCCCCCCCCCCC1CCOC1. The van der Waals surface area contributed by atoms with Crippen molar-refractivity contribution < 1.29 is 4.74 Å². The van der Waals surface area contributed by atoms with Crippen molar-refractivity contribution >= 4 is 0 Å². The molecule has 1 atom stereocenters. The highest BCUT2D eigenvalue weighted by Crippen LogP contribution is 2.20. The summed E-state index contributed by atoms with van der Waals surface area (Å²) in [5.74, 6) is 0.893. The summed E-state index contributed by atoms with van der Waals surface area (Å²) in [6.45, 7) is 4.34. The molecule has 0 aliphatic carbocycles. The zero-order chi connectivity index (χ0) is 12.2. The second kappa shape index (κ2) is 11.1. The smallest absolute Gasteiger partial charge is 0.0495 e. The maximum absolute atomic E-state index is 5.40. The second-order valence-electron chi connectivity index (χ2n) is 5.70. The Labute approximate surface area is 108 Å².